The third-order valence-electron chi connectivity index (χ3n) is 5.72. The van der Waals surface area contributed by atoms with Crippen molar-refractivity contribution >= 4 is 11.9 Å². The normalized spacial score (nSPS) is 22.6. The molecule has 0 saturated carbocycles. The molecule has 1 aromatic heterocycles. The summed E-state index contributed by atoms with van der Waals surface area (Å²) < 4.78 is 12.5. The molecule has 0 aliphatic carbocycles. The van der Waals surface area contributed by atoms with E-state index in [0.29, 0.717) is 45.8 Å². The molecule has 9 nitrogen and oxygen atoms in total. The lowest BCUT2D eigenvalue weighted by molar-refractivity contribution is -0.129. The molecule has 3 amide bonds. The maximum absolute atomic E-state index is 12.7. The van der Waals surface area contributed by atoms with Gasteiger partial charge in [-0.1, -0.05) is 0 Å². The molecule has 2 aliphatic heterocycles. The van der Waals surface area contributed by atoms with E-state index in [1.54, 1.807) is 12.0 Å². The molecule has 0 bridgehead atoms. The van der Waals surface area contributed by atoms with Crippen molar-refractivity contribution in [2.45, 2.75) is 32.4 Å². The minimum absolute atomic E-state index is 0.000159. The predicted octanol–water partition coefficient (Wildman–Crippen LogP) is 0.695. The molecule has 9 heteroatoms. The average molecular weight is 393 g/mol. The molecule has 0 spiro atoms. The first-order chi connectivity index (χ1) is 13.5. The van der Waals surface area contributed by atoms with Crippen LogP contribution in [0.25, 0.3) is 0 Å². The Bertz CT molecular complexity index is 700. The molecule has 0 radical (unpaired) electrons. The van der Waals surface area contributed by atoms with Gasteiger partial charge in [0.1, 0.15) is 0 Å². The standard InChI is InChI=1S/C19H31N5O4/c1-5-28-15-11-23(12-15)19(26)20-9-14-8-17(25)24(6-7-27-4)18(14)16-10-21-22(3)13(16)2/h10,14-15,18H,5-9,11-12H2,1-4H3,(H,20,26)/t14-,18+/m1/s1. The Hall–Kier alpha value is -2.13. The molecule has 2 fully saturated rings. The molecule has 28 heavy (non-hydrogen) atoms. The van der Waals surface area contributed by atoms with Crippen LogP contribution in [-0.4, -0.2) is 84.1 Å². The minimum Gasteiger partial charge on any atom is -0.383 e. The molecule has 0 aromatic carbocycles. The summed E-state index contributed by atoms with van der Waals surface area (Å²) in [4.78, 5) is 28.7. The lowest BCUT2D eigenvalue weighted by Crippen LogP contribution is -2.58. The third kappa shape index (κ3) is 4.15. The molecule has 0 unspecified atom stereocenters. The van der Waals surface area contributed by atoms with E-state index >= 15 is 0 Å². The Morgan fingerprint density at radius 1 is 1.39 bits per heavy atom. The highest BCUT2D eigenvalue weighted by molar-refractivity contribution is 5.80. The quantitative estimate of drug-likeness (QED) is 0.702. The van der Waals surface area contributed by atoms with Crippen molar-refractivity contribution in [3.05, 3.63) is 17.5 Å². The fourth-order valence-electron chi connectivity index (χ4n) is 4.00. The van der Waals surface area contributed by atoms with E-state index in [1.807, 2.05) is 36.7 Å². The van der Waals surface area contributed by atoms with E-state index in [-0.39, 0.29) is 30.0 Å². The van der Waals surface area contributed by atoms with Crippen LogP contribution in [0.5, 0.6) is 0 Å². The van der Waals surface area contributed by atoms with Gasteiger partial charge in [-0.3, -0.25) is 9.48 Å². The molecule has 3 rings (SSSR count). The number of rotatable bonds is 8. The maximum atomic E-state index is 12.7. The number of carbonyl (C=O) groups is 2. The first-order valence-electron chi connectivity index (χ1n) is 9.87. The van der Waals surface area contributed by atoms with Crippen molar-refractivity contribution in [1.82, 2.24) is 24.9 Å². The lowest BCUT2D eigenvalue weighted by atomic mass is 9.94. The van der Waals surface area contributed by atoms with Gasteiger partial charge in [-0.15, -0.1) is 0 Å². The second-order valence-corrected chi connectivity index (χ2v) is 7.47. The van der Waals surface area contributed by atoms with Crippen LogP contribution in [0.4, 0.5) is 4.79 Å². The number of methoxy groups -OCH3 is 1. The van der Waals surface area contributed by atoms with Crippen molar-refractivity contribution in [3.63, 3.8) is 0 Å². The van der Waals surface area contributed by atoms with Crippen LogP contribution in [-0.2, 0) is 21.3 Å². The highest BCUT2D eigenvalue weighted by Gasteiger charge is 2.42. The number of urea groups is 1. The van der Waals surface area contributed by atoms with Crippen LogP contribution >= 0.6 is 0 Å². The van der Waals surface area contributed by atoms with Crippen LogP contribution in [0, 0.1) is 12.8 Å². The summed E-state index contributed by atoms with van der Waals surface area (Å²) in [5.41, 5.74) is 2.06. The van der Waals surface area contributed by atoms with Gasteiger partial charge in [-0.05, 0) is 13.8 Å². The van der Waals surface area contributed by atoms with Crippen LogP contribution in [0.15, 0.2) is 6.20 Å². The van der Waals surface area contributed by atoms with Crippen LogP contribution < -0.4 is 5.32 Å². The Kier molecular flexibility index (Phi) is 6.56. The van der Waals surface area contributed by atoms with Gasteiger partial charge in [-0.25, -0.2) is 4.79 Å². The summed E-state index contributed by atoms with van der Waals surface area (Å²) in [6, 6.07) is -0.204. The second-order valence-electron chi connectivity index (χ2n) is 7.47. The number of nitrogens with zero attached hydrogens (tertiary/aromatic N) is 4. The largest absolute Gasteiger partial charge is 0.383 e. The number of aryl methyl sites for hydroxylation is 1. The van der Waals surface area contributed by atoms with Crippen molar-refractivity contribution in [2.24, 2.45) is 13.0 Å². The lowest BCUT2D eigenvalue weighted by Gasteiger charge is -2.38. The summed E-state index contributed by atoms with van der Waals surface area (Å²) in [7, 11) is 3.52. The predicted molar refractivity (Wildman–Crippen MR) is 103 cm³/mol. The highest BCUT2D eigenvalue weighted by Crippen LogP contribution is 2.38. The first kappa shape index (κ1) is 20.6. The van der Waals surface area contributed by atoms with Gasteiger partial charge in [0, 0.05) is 57.4 Å². The van der Waals surface area contributed by atoms with Crippen LogP contribution in [0.3, 0.4) is 0 Å². The fraction of sp³-hybridized carbons (Fsp3) is 0.737. The number of hydrogen-bond donors (Lipinski definition) is 1. The van der Waals surface area contributed by atoms with Crippen LogP contribution in [0.2, 0.25) is 0 Å². The molecular weight excluding hydrogens is 362 g/mol. The molecule has 2 atom stereocenters. The molecule has 1 aromatic rings. The summed E-state index contributed by atoms with van der Waals surface area (Å²) in [6.07, 6.45) is 2.37. The van der Waals surface area contributed by atoms with E-state index in [4.69, 9.17) is 9.47 Å². The van der Waals surface area contributed by atoms with Gasteiger partial charge in [0.15, 0.2) is 0 Å². The number of ether oxygens (including phenoxy) is 2. The second kappa shape index (κ2) is 8.91. The number of nitrogens with one attached hydrogen (secondary N) is 1. The van der Waals surface area contributed by atoms with E-state index in [9.17, 15) is 9.59 Å². The number of amides is 3. The van der Waals surface area contributed by atoms with E-state index in [2.05, 4.69) is 10.4 Å². The van der Waals surface area contributed by atoms with Gasteiger partial charge in [0.25, 0.3) is 0 Å². The van der Waals surface area contributed by atoms with E-state index in [1.165, 1.54) is 0 Å². The number of carbonyl (C=O) groups excluding carboxylic acids is 2. The SMILES string of the molecule is CCOC1CN(C(=O)NC[C@H]2CC(=O)N(CCOC)[C@@H]2c2cnn(C)c2C)C1. The summed E-state index contributed by atoms with van der Waals surface area (Å²) in [5.74, 6) is 0.0880. The first-order valence-corrected chi connectivity index (χ1v) is 9.87. The van der Waals surface area contributed by atoms with Crippen molar-refractivity contribution < 1.29 is 19.1 Å². The van der Waals surface area contributed by atoms with Gasteiger partial charge < -0.3 is 24.6 Å². The number of aromatic nitrogens is 2. The third-order valence-corrected chi connectivity index (χ3v) is 5.72. The highest BCUT2D eigenvalue weighted by atomic mass is 16.5. The zero-order valence-corrected chi connectivity index (χ0v) is 17.2. The number of hydrogen-bond acceptors (Lipinski definition) is 5. The zero-order valence-electron chi connectivity index (χ0n) is 17.2. The minimum atomic E-state index is -0.107. The van der Waals surface area contributed by atoms with E-state index in [0.717, 1.165) is 11.3 Å². The Labute approximate surface area is 165 Å². The zero-order chi connectivity index (χ0) is 20.3. The molecular formula is C19H31N5O4. The smallest absolute Gasteiger partial charge is 0.317 e. The van der Waals surface area contributed by atoms with Gasteiger partial charge >= 0.3 is 6.03 Å². The Morgan fingerprint density at radius 2 is 2.14 bits per heavy atom. The van der Waals surface area contributed by atoms with Gasteiger partial charge in [-0.2, -0.15) is 5.10 Å². The molecule has 156 valence electrons. The molecule has 1 N–H and O–H groups in total. The monoisotopic (exact) mass is 393 g/mol. The summed E-state index contributed by atoms with van der Waals surface area (Å²) in [6.45, 7) is 7.31. The van der Waals surface area contributed by atoms with Crippen LogP contribution in [0.1, 0.15) is 30.6 Å². The molecule has 3 heterocycles. The summed E-state index contributed by atoms with van der Waals surface area (Å²) >= 11 is 0. The Balaban J connectivity index is 1.65. The average Bonchev–Trinajstić information content (AvgIpc) is 3.13. The maximum Gasteiger partial charge on any atom is 0.317 e. The van der Waals surface area contributed by atoms with Crippen molar-refractivity contribution in [3.8, 4) is 0 Å². The fourth-order valence-corrected chi connectivity index (χ4v) is 4.00. The molecule has 2 saturated heterocycles. The molecule has 2 aliphatic rings. The van der Waals surface area contributed by atoms with Crippen molar-refractivity contribution in [2.75, 3.05) is 46.5 Å². The topological polar surface area (TPSA) is 88.9 Å². The number of likely N-dealkylation sites (tertiary alicyclic amines) is 2. The van der Waals surface area contributed by atoms with E-state index < -0.39 is 0 Å². The Morgan fingerprint density at radius 3 is 2.75 bits per heavy atom. The van der Waals surface area contributed by atoms with Gasteiger partial charge in [0.2, 0.25) is 5.91 Å². The van der Waals surface area contributed by atoms with Gasteiger partial charge in [0.05, 0.1) is 38.0 Å². The van der Waals surface area contributed by atoms with Crippen molar-refractivity contribution in [1.29, 1.82) is 0 Å². The summed E-state index contributed by atoms with van der Waals surface area (Å²) in [5, 5.41) is 7.35.